The van der Waals surface area contributed by atoms with Crippen molar-refractivity contribution < 1.29 is 29.0 Å². The molecule has 26 heavy (non-hydrogen) atoms. The Labute approximate surface area is 158 Å². The minimum Gasteiger partial charge on any atom is -0.481 e. The molecule has 1 N–H and O–H groups in total. The zero-order chi connectivity index (χ0) is 20.5. The topological polar surface area (TPSA) is 89.9 Å². The van der Waals surface area contributed by atoms with Gasteiger partial charge >= 0.3 is 11.9 Å². The molecule has 0 fully saturated rings. The maximum Gasteiger partial charge on any atom is 0.311 e. The van der Waals surface area contributed by atoms with E-state index in [0.717, 1.165) is 58.3 Å². The first kappa shape index (κ1) is 26.6. The van der Waals surface area contributed by atoms with E-state index in [1.165, 1.54) is 0 Å². The average Bonchev–Trinajstić information content (AvgIpc) is 2.55. The smallest absolute Gasteiger partial charge is 0.311 e. The molecule has 0 amide bonds. The van der Waals surface area contributed by atoms with Crippen molar-refractivity contribution in [2.24, 2.45) is 11.8 Å². The third-order valence-corrected chi connectivity index (χ3v) is 4.03. The van der Waals surface area contributed by atoms with E-state index in [1.807, 2.05) is 13.8 Å². The van der Waals surface area contributed by atoms with Crippen LogP contribution in [-0.2, 0) is 23.9 Å². The Kier molecular flexibility index (Phi) is 17.3. The number of rotatable bonds is 12. The van der Waals surface area contributed by atoms with Crippen molar-refractivity contribution >= 4 is 17.9 Å². The summed E-state index contributed by atoms with van der Waals surface area (Å²) >= 11 is 0. The molecule has 0 bridgehead atoms. The summed E-state index contributed by atoms with van der Waals surface area (Å²) in [5.41, 5.74) is 0. The highest BCUT2D eigenvalue weighted by Crippen LogP contribution is 2.18. The van der Waals surface area contributed by atoms with Crippen molar-refractivity contribution in [2.45, 2.75) is 99.2 Å². The van der Waals surface area contributed by atoms with Gasteiger partial charge in [0.05, 0.1) is 11.8 Å². The number of carbonyl (C=O) groups excluding carboxylic acids is 2. The lowest BCUT2D eigenvalue weighted by Crippen LogP contribution is -2.28. The molecule has 0 spiro atoms. The number of aliphatic carboxylic acids is 1. The fraction of sp³-hybridized carbons (Fsp3) is 0.850. The highest BCUT2D eigenvalue weighted by molar-refractivity contribution is 5.74. The molecule has 0 aromatic carbocycles. The molecule has 0 aliphatic heterocycles. The number of unbranched alkanes of at least 4 members (excludes halogenated alkanes) is 2. The molecule has 2 atom stereocenters. The first-order valence-electron chi connectivity index (χ1n) is 9.83. The Morgan fingerprint density at radius 2 is 1.12 bits per heavy atom. The van der Waals surface area contributed by atoms with E-state index in [2.05, 4.69) is 13.8 Å². The van der Waals surface area contributed by atoms with Gasteiger partial charge in [-0.15, -0.1) is 0 Å². The van der Waals surface area contributed by atoms with E-state index in [-0.39, 0.29) is 23.8 Å². The van der Waals surface area contributed by atoms with E-state index in [9.17, 15) is 9.59 Å². The molecule has 2 unspecified atom stereocenters. The van der Waals surface area contributed by atoms with Gasteiger partial charge in [-0.05, 0) is 25.7 Å². The molecule has 0 rings (SSSR count). The second kappa shape index (κ2) is 16.9. The first-order chi connectivity index (χ1) is 12.2. The van der Waals surface area contributed by atoms with Crippen LogP contribution in [-0.4, -0.2) is 29.3 Å². The van der Waals surface area contributed by atoms with Crippen molar-refractivity contribution in [1.82, 2.24) is 0 Å². The number of hydrogen-bond donors (Lipinski definition) is 1. The molecular formula is C20H38O6. The van der Waals surface area contributed by atoms with Crippen molar-refractivity contribution in [2.75, 3.05) is 0 Å². The van der Waals surface area contributed by atoms with Crippen LogP contribution < -0.4 is 0 Å². The van der Waals surface area contributed by atoms with E-state index >= 15 is 0 Å². The number of ether oxygens (including phenoxy) is 2. The SMILES string of the molecule is CC(=O)O.CCCCC(CC)C(=O)OC(C)OC(=O)C(CC)CCCC. The van der Waals surface area contributed by atoms with Gasteiger partial charge in [-0.3, -0.25) is 14.4 Å². The monoisotopic (exact) mass is 374 g/mol. The van der Waals surface area contributed by atoms with Crippen LogP contribution in [0.15, 0.2) is 0 Å². The van der Waals surface area contributed by atoms with E-state index in [0.29, 0.717) is 0 Å². The third-order valence-electron chi connectivity index (χ3n) is 4.03. The summed E-state index contributed by atoms with van der Waals surface area (Å²) < 4.78 is 10.6. The second-order valence-corrected chi connectivity index (χ2v) is 6.46. The number of esters is 2. The van der Waals surface area contributed by atoms with Crippen molar-refractivity contribution in [3.63, 3.8) is 0 Å². The lowest BCUT2D eigenvalue weighted by molar-refractivity contribution is -0.190. The van der Waals surface area contributed by atoms with Crippen LogP contribution in [0.25, 0.3) is 0 Å². The first-order valence-corrected chi connectivity index (χ1v) is 9.83. The van der Waals surface area contributed by atoms with Crippen LogP contribution in [0.1, 0.15) is 92.9 Å². The lowest BCUT2D eigenvalue weighted by Gasteiger charge is -2.21. The van der Waals surface area contributed by atoms with Gasteiger partial charge in [-0.1, -0.05) is 53.4 Å². The van der Waals surface area contributed by atoms with Crippen LogP contribution in [0.3, 0.4) is 0 Å². The van der Waals surface area contributed by atoms with Crippen LogP contribution >= 0.6 is 0 Å². The van der Waals surface area contributed by atoms with Gasteiger partial charge in [0, 0.05) is 13.8 Å². The predicted molar refractivity (Wildman–Crippen MR) is 102 cm³/mol. The normalized spacial score (nSPS) is 13.6. The number of carbonyl (C=O) groups is 3. The van der Waals surface area contributed by atoms with Gasteiger partial charge < -0.3 is 14.6 Å². The fourth-order valence-corrected chi connectivity index (χ4v) is 2.42. The summed E-state index contributed by atoms with van der Waals surface area (Å²) in [6.45, 7) is 10.9. The predicted octanol–water partition coefficient (Wildman–Crippen LogP) is 4.94. The van der Waals surface area contributed by atoms with Gasteiger partial charge in [0.1, 0.15) is 0 Å². The molecule has 0 aromatic heterocycles. The summed E-state index contributed by atoms with van der Waals surface area (Å²) in [6, 6.07) is 0. The van der Waals surface area contributed by atoms with Crippen LogP contribution in [0, 0.1) is 11.8 Å². The largest absolute Gasteiger partial charge is 0.481 e. The van der Waals surface area contributed by atoms with Gasteiger partial charge in [-0.25, -0.2) is 0 Å². The quantitative estimate of drug-likeness (QED) is 0.384. The van der Waals surface area contributed by atoms with Crippen molar-refractivity contribution in [3.8, 4) is 0 Å². The van der Waals surface area contributed by atoms with Crippen LogP contribution in [0.2, 0.25) is 0 Å². The Hall–Kier alpha value is -1.59. The Morgan fingerprint density at radius 3 is 1.35 bits per heavy atom. The molecule has 6 nitrogen and oxygen atoms in total. The molecule has 0 radical (unpaired) electrons. The Morgan fingerprint density at radius 1 is 0.808 bits per heavy atom. The molecule has 0 saturated carbocycles. The zero-order valence-corrected chi connectivity index (χ0v) is 17.4. The third kappa shape index (κ3) is 14.7. The van der Waals surface area contributed by atoms with Gasteiger partial charge in [0.15, 0.2) is 0 Å². The molecule has 0 aliphatic carbocycles. The Bertz CT molecular complexity index is 360. The maximum absolute atomic E-state index is 12.1. The van der Waals surface area contributed by atoms with E-state index < -0.39 is 12.3 Å². The second-order valence-electron chi connectivity index (χ2n) is 6.46. The molecule has 154 valence electrons. The summed E-state index contributed by atoms with van der Waals surface area (Å²) in [7, 11) is 0. The fourth-order valence-electron chi connectivity index (χ4n) is 2.42. The Balaban J connectivity index is 0. The minimum absolute atomic E-state index is 0.0943. The highest BCUT2D eigenvalue weighted by atomic mass is 16.7. The molecule has 0 aromatic rings. The van der Waals surface area contributed by atoms with Crippen LogP contribution in [0.4, 0.5) is 0 Å². The zero-order valence-electron chi connectivity index (χ0n) is 17.4. The molecular weight excluding hydrogens is 336 g/mol. The summed E-state index contributed by atoms with van der Waals surface area (Å²) in [5.74, 6) is -1.53. The van der Waals surface area contributed by atoms with Gasteiger partial charge in [0.25, 0.3) is 5.97 Å². The van der Waals surface area contributed by atoms with Gasteiger partial charge in [-0.2, -0.15) is 0 Å². The number of hydrogen-bond acceptors (Lipinski definition) is 5. The molecule has 0 saturated heterocycles. The van der Waals surface area contributed by atoms with Crippen molar-refractivity contribution in [1.29, 1.82) is 0 Å². The minimum atomic E-state index is -0.833. The standard InChI is InChI=1S/C18H34O4.C2H4O2/c1-6-10-12-15(8-3)17(19)21-14(5)22-18(20)16(9-4)13-11-7-2;1-2(3)4/h14-16H,6-13H2,1-5H3;1H3,(H,3,4). The summed E-state index contributed by atoms with van der Waals surface area (Å²) in [4.78, 5) is 33.1. The van der Waals surface area contributed by atoms with E-state index in [1.54, 1.807) is 6.92 Å². The molecule has 6 heteroatoms. The maximum atomic E-state index is 12.1. The highest BCUT2D eigenvalue weighted by Gasteiger charge is 2.24. The van der Waals surface area contributed by atoms with Gasteiger partial charge in [0.2, 0.25) is 6.29 Å². The van der Waals surface area contributed by atoms with Crippen molar-refractivity contribution in [3.05, 3.63) is 0 Å². The number of carboxylic acid groups (broad SMARTS) is 1. The van der Waals surface area contributed by atoms with Crippen LogP contribution in [0.5, 0.6) is 0 Å². The summed E-state index contributed by atoms with van der Waals surface area (Å²) in [5, 5.41) is 7.42. The average molecular weight is 375 g/mol. The molecule has 0 aliphatic rings. The van der Waals surface area contributed by atoms with E-state index in [4.69, 9.17) is 19.4 Å². The summed E-state index contributed by atoms with van der Waals surface area (Å²) in [6.07, 6.45) is 6.52. The lowest BCUT2D eigenvalue weighted by atomic mass is 9.99. The molecule has 0 heterocycles. The number of carboxylic acids is 1.